The van der Waals surface area contributed by atoms with Crippen LogP contribution in [0.5, 0.6) is 0 Å². The van der Waals surface area contributed by atoms with Gasteiger partial charge < -0.3 is 4.74 Å². The van der Waals surface area contributed by atoms with Gasteiger partial charge in [0.1, 0.15) is 4.88 Å². The number of halogens is 1. The first-order valence-corrected chi connectivity index (χ1v) is 5.89. The second-order valence-corrected chi connectivity index (χ2v) is 5.70. The van der Waals surface area contributed by atoms with E-state index in [1.807, 2.05) is 20.8 Å². The Balaban J connectivity index is 3.12. The van der Waals surface area contributed by atoms with Crippen LogP contribution in [0.1, 0.15) is 43.1 Å². The van der Waals surface area contributed by atoms with Crippen molar-refractivity contribution >= 4 is 28.9 Å². The molecule has 0 saturated heterocycles. The molecule has 1 rings (SSSR count). The summed E-state index contributed by atoms with van der Waals surface area (Å²) in [4.78, 5) is 16.3. The summed E-state index contributed by atoms with van der Waals surface area (Å²) in [7, 11) is 0. The number of hydrogen-bond acceptors (Lipinski definition) is 4. The van der Waals surface area contributed by atoms with Crippen molar-refractivity contribution in [1.29, 1.82) is 0 Å². The third-order valence-electron chi connectivity index (χ3n) is 1.77. The zero-order valence-electron chi connectivity index (χ0n) is 9.26. The molecule has 1 aromatic rings. The molecular formula is C10H14ClNO2S. The van der Waals surface area contributed by atoms with Crippen molar-refractivity contribution in [3.63, 3.8) is 0 Å². The first-order chi connectivity index (χ1) is 6.86. The van der Waals surface area contributed by atoms with E-state index in [4.69, 9.17) is 16.3 Å². The van der Waals surface area contributed by atoms with E-state index < -0.39 is 0 Å². The maximum Gasteiger partial charge on any atom is 0.350 e. The lowest BCUT2D eigenvalue weighted by molar-refractivity contribution is 0.0529. The molecule has 0 aromatic carbocycles. The minimum Gasteiger partial charge on any atom is -0.462 e. The number of esters is 1. The molecule has 1 aromatic heterocycles. The lowest BCUT2D eigenvalue weighted by atomic mass is 9.91. The SMILES string of the molecule is CCOC(=O)c1sc(Cl)nc1C(C)(C)C. The molecule has 0 N–H and O–H groups in total. The molecule has 0 radical (unpaired) electrons. The van der Waals surface area contributed by atoms with Gasteiger partial charge in [-0.25, -0.2) is 9.78 Å². The maximum absolute atomic E-state index is 11.6. The van der Waals surface area contributed by atoms with E-state index in [1.54, 1.807) is 6.92 Å². The topological polar surface area (TPSA) is 39.2 Å². The molecule has 0 bridgehead atoms. The Hall–Kier alpha value is -0.610. The fourth-order valence-corrected chi connectivity index (χ4v) is 2.35. The molecule has 0 aliphatic rings. The molecule has 3 nitrogen and oxygen atoms in total. The van der Waals surface area contributed by atoms with Crippen molar-refractivity contribution in [3.8, 4) is 0 Å². The highest BCUT2D eigenvalue weighted by molar-refractivity contribution is 7.17. The van der Waals surface area contributed by atoms with Gasteiger partial charge in [-0.05, 0) is 6.92 Å². The minimum absolute atomic E-state index is 0.203. The van der Waals surface area contributed by atoms with E-state index >= 15 is 0 Å². The number of thiazole rings is 1. The van der Waals surface area contributed by atoms with Crippen LogP contribution in [-0.4, -0.2) is 17.6 Å². The smallest absolute Gasteiger partial charge is 0.350 e. The standard InChI is InChI=1S/C10H14ClNO2S/c1-5-14-8(13)6-7(10(2,3)4)12-9(11)15-6/h5H2,1-4H3. The summed E-state index contributed by atoms with van der Waals surface area (Å²) in [5.74, 6) is -0.341. The minimum atomic E-state index is -0.341. The van der Waals surface area contributed by atoms with Crippen molar-refractivity contribution in [3.05, 3.63) is 15.0 Å². The molecule has 5 heteroatoms. The van der Waals surface area contributed by atoms with Crippen LogP contribution in [0, 0.1) is 0 Å². The molecule has 84 valence electrons. The largest absolute Gasteiger partial charge is 0.462 e. The molecule has 0 aliphatic heterocycles. The van der Waals surface area contributed by atoms with Gasteiger partial charge in [-0.3, -0.25) is 0 Å². The molecule has 0 unspecified atom stereocenters. The normalized spacial score (nSPS) is 11.5. The molecule has 0 aliphatic carbocycles. The molecule has 1 heterocycles. The Kier molecular flexibility index (Phi) is 3.73. The zero-order chi connectivity index (χ0) is 11.6. The van der Waals surface area contributed by atoms with Crippen LogP contribution in [0.4, 0.5) is 0 Å². The number of ether oxygens (including phenoxy) is 1. The van der Waals surface area contributed by atoms with Crippen molar-refractivity contribution in [1.82, 2.24) is 4.98 Å². The van der Waals surface area contributed by atoms with Crippen LogP contribution in [-0.2, 0) is 10.2 Å². The number of aromatic nitrogens is 1. The lowest BCUT2D eigenvalue weighted by Crippen LogP contribution is -2.17. The summed E-state index contributed by atoms with van der Waals surface area (Å²) in [5.41, 5.74) is 0.502. The highest BCUT2D eigenvalue weighted by Gasteiger charge is 2.27. The van der Waals surface area contributed by atoms with Gasteiger partial charge in [0.15, 0.2) is 4.47 Å². The summed E-state index contributed by atoms with van der Waals surface area (Å²) in [5, 5.41) is 0. The van der Waals surface area contributed by atoms with Crippen molar-refractivity contribution < 1.29 is 9.53 Å². The average molecular weight is 248 g/mol. The third kappa shape index (κ3) is 2.92. The summed E-state index contributed by atoms with van der Waals surface area (Å²) in [6, 6.07) is 0. The van der Waals surface area contributed by atoms with Gasteiger partial charge in [-0.15, -0.1) is 0 Å². The Bertz CT molecular complexity index is 368. The van der Waals surface area contributed by atoms with Gasteiger partial charge >= 0.3 is 5.97 Å². The van der Waals surface area contributed by atoms with Gasteiger partial charge in [-0.2, -0.15) is 0 Å². The first-order valence-electron chi connectivity index (χ1n) is 4.70. The van der Waals surface area contributed by atoms with Crippen LogP contribution in [0.3, 0.4) is 0 Å². The lowest BCUT2D eigenvalue weighted by Gasteiger charge is -2.16. The molecule has 0 fully saturated rings. The summed E-state index contributed by atoms with van der Waals surface area (Å²) < 4.78 is 5.33. The summed E-state index contributed by atoms with van der Waals surface area (Å²) >= 11 is 6.98. The quantitative estimate of drug-likeness (QED) is 0.753. The average Bonchev–Trinajstić information content (AvgIpc) is 2.47. The first kappa shape index (κ1) is 12.5. The van der Waals surface area contributed by atoms with E-state index in [0.29, 0.717) is 21.6 Å². The fraction of sp³-hybridized carbons (Fsp3) is 0.600. The second-order valence-electron chi connectivity index (χ2n) is 4.12. The predicted molar refractivity (Wildman–Crippen MR) is 61.8 cm³/mol. The Morgan fingerprint density at radius 1 is 1.53 bits per heavy atom. The molecule has 0 saturated carbocycles. The van der Waals surface area contributed by atoms with Crippen LogP contribution in [0.15, 0.2) is 0 Å². The maximum atomic E-state index is 11.6. The van der Waals surface area contributed by atoms with E-state index in [1.165, 1.54) is 11.3 Å². The van der Waals surface area contributed by atoms with E-state index in [-0.39, 0.29) is 11.4 Å². The summed E-state index contributed by atoms with van der Waals surface area (Å²) in [6.07, 6.45) is 0. The summed E-state index contributed by atoms with van der Waals surface area (Å²) in [6.45, 7) is 8.10. The van der Waals surface area contributed by atoms with Gasteiger partial charge in [0, 0.05) is 5.41 Å². The van der Waals surface area contributed by atoms with E-state index in [0.717, 1.165) is 0 Å². The molecule has 15 heavy (non-hydrogen) atoms. The van der Waals surface area contributed by atoms with Gasteiger partial charge in [0.05, 0.1) is 12.3 Å². The number of carbonyl (C=O) groups excluding carboxylic acids is 1. The van der Waals surface area contributed by atoms with E-state index in [2.05, 4.69) is 4.98 Å². The number of rotatable bonds is 2. The highest BCUT2D eigenvalue weighted by Crippen LogP contribution is 2.32. The highest BCUT2D eigenvalue weighted by atomic mass is 35.5. The van der Waals surface area contributed by atoms with Crippen molar-refractivity contribution in [2.24, 2.45) is 0 Å². The molecule has 0 amide bonds. The zero-order valence-corrected chi connectivity index (χ0v) is 10.8. The van der Waals surface area contributed by atoms with Crippen LogP contribution < -0.4 is 0 Å². The van der Waals surface area contributed by atoms with Gasteiger partial charge in [0.25, 0.3) is 0 Å². The molecular weight excluding hydrogens is 234 g/mol. The number of hydrogen-bond donors (Lipinski definition) is 0. The molecule has 0 atom stereocenters. The Morgan fingerprint density at radius 2 is 2.13 bits per heavy atom. The Morgan fingerprint density at radius 3 is 2.60 bits per heavy atom. The number of nitrogens with zero attached hydrogens (tertiary/aromatic N) is 1. The number of carbonyl (C=O) groups is 1. The van der Waals surface area contributed by atoms with Crippen LogP contribution >= 0.6 is 22.9 Å². The van der Waals surface area contributed by atoms with Crippen molar-refractivity contribution in [2.75, 3.05) is 6.61 Å². The van der Waals surface area contributed by atoms with Gasteiger partial charge in [0.2, 0.25) is 0 Å². The van der Waals surface area contributed by atoms with Crippen molar-refractivity contribution in [2.45, 2.75) is 33.1 Å². The molecule has 0 spiro atoms. The predicted octanol–water partition coefficient (Wildman–Crippen LogP) is 3.27. The van der Waals surface area contributed by atoms with Gasteiger partial charge in [-0.1, -0.05) is 43.7 Å². The van der Waals surface area contributed by atoms with Crippen LogP contribution in [0.2, 0.25) is 4.47 Å². The van der Waals surface area contributed by atoms with E-state index in [9.17, 15) is 4.79 Å². The third-order valence-corrected chi connectivity index (χ3v) is 2.91. The Labute approximate surface area is 98.4 Å². The fourth-order valence-electron chi connectivity index (χ4n) is 1.14. The monoisotopic (exact) mass is 247 g/mol. The van der Waals surface area contributed by atoms with Crippen LogP contribution in [0.25, 0.3) is 0 Å². The second kappa shape index (κ2) is 4.49.